The topological polar surface area (TPSA) is 183 Å². The van der Waals surface area contributed by atoms with E-state index in [4.69, 9.17) is 28.4 Å². The van der Waals surface area contributed by atoms with Gasteiger partial charge in [-0.1, -0.05) is 5.21 Å². The molecule has 1 aliphatic heterocycles. The van der Waals surface area contributed by atoms with Crippen molar-refractivity contribution in [3.63, 3.8) is 0 Å². The Bertz CT molecular complexity index is 969. The summed E-state index contributed by atoms with van der Waals surface area (Å²) in [6.07, 6.45) is -4.49. The van der Waals surface area contributed by atoms with Crippen molar-refractivity contribution >= 4 is 45.7 Å². The average Bonchev–Trinajstić information content (AvgIpc) is 3.30. The smallest absolute Gasteiger partial charge is 0.303 e. The van der Waals surface area contributed by atoms with Gasteiger partial charge in [-0.2, -0.15) is 0 Å². The molecular formula is C20H27BrN4O11. The lowest BCUT2D eigenvalue weighted by molar-refractivity contribution is -0.166. The van der Waals surface area contributed by atoms with Crippen LogP contribution in [0.15, 0.2) is 4.60 Å². The third kappa shape index (κ3) is 8.53. The highest BCUT2D eigenvalue weighted by Gasteiger charge is 2.51. The molecule has 2 heterocycles. The lowest BCUT2D eigenvalue weighted by Crippen LogP contribution is -2.40. The molecule has 2 unspecified atom stereocenters. The number of carbonyl (C=O) groups is 5. The molecule has 1 N–H and O–H groups in total. The highest BCUT2D eigenvalue weighted by molar-refractivity contribution is 9.10. The van der Waals surface area contributed by atoms with Gasteiger partial charge >= 0.3 is 23.9 Å². The molecule has 4 atom stereocenters. The van der Waals surface area contributed by atoms with Gasteiger partial charge in [0.25, 0.3) is 5.91 Å². The number of carbonyl (C=O) groups excluding carboxylic acids is 5. The van der Waals surface area contributed by atoms with Crippen LogP contribution >= 0.6 is 15.9 Å². The van der Waals surface area contributed by atoms with E-state index in [1.165, 1.54) is 13.8 Å². The summed E-state index contributed by atoms with van der Waals surface area (Å²) in [5.74, 6) is -2.97. The molecule has 36 heavy (non-hydrogen) atoms. The van der Waals surface area contributed by atoms with Gasteiger partial charge in [-0.05, 0) is 15.9 Å². The van der Waals surface area contributed by atoms with Crippen LogP contribution in [0.25, 0.3) is 0 Å². The van der Waals surface area contributed by atoms with Gasteiger partial charge in [0.15, 0.2) is 24.1 Å². The van der Waals surface area contributed by atoms with Crippen LogP contribution in [-0.4, -0.2) is 96.1 Å². The summed E-state index contributed by atoms with van der Waals surface area (Å²) < 4.78 is 32.7. The first-order valence-electron chi connectivity index (χ1n) is 10.7. The summed E-state index contributed by atoms with van der Waals surface area (Å²) in [5, 5.41) is 10.4. The Morgan fingerprint density at radius 3 is 2.17 bits per heavy atom. The van der Waals surface area contributed by atoms with Crippen molar-refractivity contribution in [3.8, 4) is 0 Å². The molecule has 0 aliphatic carbocycles. The number of nitrogens with one attached hydrogen (secondary N) is 1. The molecule has 0 spiro atoms. The van der Waals surface area contributed by atoms with E-state index >= 15 is 0 Å². The summed E-state index contributed by atoms with van der Waals surface area (Å²) in [7, 11) is 0. The van der Waals surface area contributed by atoms with E-state index < -0.39 is 54.3 Å². The second-order valence-electron chi connectivity index (χ2n) is 7.40. The molecule has 1 aliphatic rings. The van der Waals surface area contributed by atoms with Crippen LogP contribution in [0.3, 0.4) is 0 Å². The van der Waals surface area contributed by atoms with Crippen LogP contribution in [0.2, 0.25) is 0 Å². The summed E-state index contributed by atoms with van der Waals surface area (Å²) in [6, 6.07) is 0. The SMILES string of the molecule is CC(=O)OCCOCCNC(=O)c1nnn([C@@H]2O[C@H](COC(C)=O)C(OC(C)=O)C2OC(C)=O)c1Br. The van der Waals surface area contributed by atoms with Gasteiger partial charge in [0.1, 0.15) is 23.9 Å². The molecule has 2 rings (SSSR count). The number of hydrogen-bond donors (Lipinski definition) is 1. The highest BCUT2D eigenvalue weighted by atomic mass is 79.9. The zero-order chi connectivity index (χ0) is 26.8. The van der Waals surface area contributed by atoms with E-state index in [0.29, 0.717) is 0 Å². The first-order chi connectivity index (χ1) is 17.0. The number of amides is 1. The van der Waals surface area contributed by atoms with Gasteiger partial charge in [-0.15, -0.1) is 5.10 Å². The van der Waals surface area contributed by atoms with Crippen LogP contribution in [0.4, 0.5) is 0 Å². The Labute approximate surface area is 214 Å². The van der Waals surface area contributed by atoms with Gasteiger partial charge in [0, 0.05) is 34.2 Å². The minimum atomic E-state index is -1.19. The second-order valence-corrected chi connectivity index (χ2v) is 8.15. The molecular weight excluding hydrogens is 552 g/mol. The second kappa shape index (κ2) is 13.8. The van der Waals surface area contributed by atoms with Gasteiger partial charge < -0.3 is 33.7 Å². The third-order valence-electron chi connectivity index (χ3n) is 4.50. The van der Waals surface area contributed by atoms with Crippen molar-refractivity contribution in [1.29, 1.82) is 0 Å². The number of ether oxygens (including phenoxy) is 6. The Morgan fingerprint density at radius 2 is 1.56 bits per heavy atom. The normalized spacial score (nSPS) is 20.9. The van der Waals surface area contributed by atoms with Gasteiger partial charge in [-0.25, -0.2) is 4.68 Å². The van der Waals surface area contributed by atoms with Crippen molar-refractivity contribution in [3.05, 3.63) is 10.3 Å². The maximum Gasteiger partial charge on any atom is 0.303 e. The van der Waals surface area contributed by atoms with Crippen molar-refractivity contribution < 1.29 is 52.4 Å². The quantitative estimate of drug-likeness (QED) is 0.193. The predicted octanol–water partition coefficient (Wildman–Crippen LogP) is -0.326. The molecule has 0 aromatic carbocycles. The van der Waals surface area contributed by atoms with Gasteiger partial charge in [0.2, 0.25) is 0 Å². The fourth-order valence-corrected chi connectivity index (χ4v) is 3.67. The summed E-state index contributed by atoms with van der Waals surface area (Å²) in [6.45, 7) is 5.06. The van der Waals surface area contributed by atoms with E-state index in [0.717, 1.165) is 18.5 Å². The standard InChI is InChI=1S/C20H27BrN4O11/c1-10(26)32-8-7-31-6-5-22-19(30)15-18(21)25(24-23-15)20-17(35-13(4)29)16(34-12(3)28)14(36-20)9-33-11(2)27/h14,16-17,20H,5-9H2,1-4H3,(H,22,30)/t14-,16?,17?,20-/m1/s1. The van der Waals surface area contributed by atoms with Crippen molar-refractivity contribution in [2.24, 2.45) is 0 Å². The molecule has 1 amide bonds. The van der Waals surface area contributed by atoms with E-state index in [1.807, 2.05) is 0 Å². The number of halogens is 1. The first-order valence-corrected chi connectivity index (χ1v) is 11.5. The highest BCUT2D eigenvalue weighted by Crippen LogP contribution is 2.36. The Kier molecular flexibility index (Phi) is 11.2. The Morgan fingerprint density at radius 1 is 0.917 bits per heavy atom. The van der Waals surface area contributed by atoms with E-state index in [1.54, 1.807) is 0 Å². The molecule has 1 aromatic rings. The number of rotatable bonds is 12. The van der Waals surface area contributed by atoms with Gasteiger partial charge in [0.05, 0.1) is 13.2 Å². The predicted molar refractivity (Wildman–Crippen MR) is 119 cm³/mol. The molecule has 1 saturated heterocycles. The van der Waals surface area contributed by atoms with Crippen molar-refractivity contribution in [2.45, 2.75) is 52.2 Å². The van der Waals surface area contributed by atoms with Crippen LogP contribution in [0, 0.1) is 0 Å². The maximum absolute atomic E-state index is 12.5. The fraction of sp³-hybridized carbons (Fsp3) is 0.650. The lowest BCUT2D eigenvalue weighted by atomic mass is 10.1. The molecule has 200 valence electrons. The molecule has 15 nitrogen and oxygen atoms in total. The van der Waals surface area contributed by atoms with Crippen LogP contribution in [0.5, 0.6) is 0 Å². The minimum Gasteiger partial charge on any atom is -0.463 e. The lowest BCUT2D eigenvalue weighted by Gasteiger charge is -2.23. The summed E-state index contributed by atoms with van der Waals surface area (Å²) >= 11 is 3.25. The first kappa shape index (κ1) is 29.1. The molecule has 0 radical (unpaired) electrons. The number of hydrogen-bond acceptors (Lipinski definition) is 13. The molecule has 1 aromatic heterocycles. The summed E-state index contributed by atoms with van der Waals surface area (Å²) in [5.41, 5.74) is -0.104. The van der Waals surface area contributed by atoms with E-state index in [9.17, 15) is 24.0 Å². The third-order valence-corrected chi connectivity index (χ3v) is 5.24. The minimum absolute atomic E-state index is 0.0904. The molecule has 0 saturated carbocycles. The van der Waals surface area contributed by atoms with Gasteiger partial charge in [-0.3, -0.25) is 24.0 Å². The fourth-order valence-electron chi connectivity index (χ4n) is 3.14. The molecule has 1 fully saturated rings. The monoisotopic (exact) mass is 578 g/mol. The maximum atomic E-state index is 12.5. The van der Waals surface area contributed by atoms with Crippen LogP contribution in [-0.2, 0) is 47.6 Å². The van der Waals surface area contributed by atoms with Crippen LogP contribution in [0.1, 0.15) is 44.4 Å². The zero-order valence-corrected chi connectivity index (χ0v) is 21.6. The molecule has 16 heteroatoms. The van der Waals surface area contributed by atoms with Crippen molar-refractivity contribution in [1.82, 2.24) is 20.3 Å². The molecule has 0 bridgehead atoms. The number of esters is 4. The van der Waals surface area contributed by atoms with Crippen molar-refractivity contribution in [2.75, 3.05) is 33.0 Å². The number of aromatic nitrogens is 3. The van der Waals surface area contributed by atoms with E-state index in [2.05, 4.69) is 31.6 Å². The zero-order valence-electron chi connectivity index (χ0n) is 20.1. The van der Waals surface area contributed by atoms with E-state index in [-0.39, 0.29) is 43.3 Å². The van der Waals surface area contributed by atoms with Crippen LogP contribution < -0.4 is 5.32 Å². The Hall–Kier alpha value is -3.11. The average molecular weight is 579 g/mol. The largest absolute Gasteiger partial charge is 0.463 e. The Balaban J connectivity index is 2.11. The summed E-state index contributed by atoms with van der Waals surface area (Å²) in [4.78, 5) is 58.0. The number of nitrogens with zero attached hydrogens (tertiary/aromatic N) is 3.